The average Bonchev–Trinajstić information content (AvgIpc) is 3.10. The Morgan fingerprint density at radius 3 is 1.92 bits per heavy atom. The molecule has 0 aromatic heterocycles. The summed E-state index contributed by atoms with van der Waals surface area (Å²) in [5, 5.41) is 9.24. The van der Waals surface area contributed by atoms with Gasteiger partial charge in [0.05, 0.1) is 19.7 Å². The second kappa shape index (κ2) is 16.5. The zero-order valence-corrected chi connectivity index (χ0v) is 17.5. The van der Waals surface area contributed by atoms with Crippen LogP contribution in [-0.2, 0) is 0 Å². The quantitative estimate of drug-likeness (QED) is 0.184. The van der Waals surface area contributed by atoms with Crippen molar-refractivity contribution in [2.45, 2.75) is 96.8 Å². The number of hydrogen-bond acceptors (Lipinski definition) is 2. The van der Waals surface area contributed by atoms with Crippen LogP contribution >= 0.6 is 0 Å². The van der Waals surface area contributed by atoms with Crippen LogP contribution in [0.3, 0.4) is 0 Å². The zero-order chi connectivity index (χ0) is 18.8. The molecule has 1 heterocycles. The molecule has 0 aliphatic carbocycles. The SMILES string of the molecule is CCCCCCCCC=CCCCCCCCC[N+]1(CCO)C=NCC1. The van der Waals surface area contributed by atoms with Gasteiger partial charge in [-0.05, 0) is 38.5 Å². The molecule has 3 heteroatoms. The minimum atomic E-state index is 0.276. The third-order valence-electron chi connectivity index (χ3n) is 5.66. The molecule has 1 aliphatic heterocycles. The number of quaternary nitrogens is 1. The highest BCUT2D eigenvalue weighted by molar-refractivity contribution is 5.48. The van der Waals surface area contributed by atoms with Crippen molar-refractivity contribution in [3.05, 3.63) is 12.2 Å². The fourth-order valence-electron chi connectivity index (χ4n) is 3.87. The van der Waals surface area contributed by atoms with Crippen LogP contribution in [0.25, 0.3) is 0 Å². The van der Waals surface area contributed by atoms with Crippen LogP contribution in [-0.4, -0.2) is 48.7 Å². The van der Waals surface area contributed by atoms with Crippen LogP contribution in [0.4, 0.5) is 0 Å². The largest absolute Gasteiger partial charge is 0.390 e. The van der Waals surface area contributed by atoms with Crippen molar-refractivity contribution in [3.63, 3.8) is 0 Å². The van der Waals surface area contributed by atoms with Crippen molar-refractivity contribution in [1.29, 1.82) is 0 Å². The predicted molar refractivity (Wildman–Crippen MR) is 115 cm³/mol. The van der Waals surface area contributed by atoms with E-state index in [2.05, 4.69) is 30.4 Å². The molecule has 0 aromatic rings. The first-order valence-electron chi connectivity index (χ1n) is 11.5. The summed E-state index contributed by atoms with van der Waals surface area (Å²) in [5.74, 6) is 0. The summed E-state index contributed by atoms with van der Waals surface area (Å²) >= 11 is 0. The first-order chi connectivity index (χ1) is 12.8. The number of rotatable bonds is 18. The molecule has 152 valence electrons. The predicted octanol–water partition coefficient (Wildman–Crippen LogP) is 5.87. The number of aliphatic imine (C=N–C) groups is 1. The van der Waals surface area contributed by atoms with Gasteiger partial charge in [0.25, 0.3) is 0 Å². The number of nitrogens with zero attached hydrogens (tertiary/aromatic N) is 2. The maximum Gasteiger partial charge on any atom is 0.185 e. The van der Waals surface area contributed by atoms with E-state index in [0.29, 0.717) is 0 Å². The number of aliphatic hydroxyl groups is 1. The molecule has 1 rings (SSSR count). The van der Waals surface area contributed by atoms with Crippen LogP contribution in [0.5, 0.6) is 0 Å². The molecule has 0 saturated heterocycles. The fourth-order valence-corrected chi connectivity index (χ4v) is 3.87. The highest BCUT2D eigenvalue weighted by atomic mass is 16.3. The maximum absolute atomic E-state index is 9.24. The molecule has 1 unspecified atom stereocenters. The van der Waals surface area contributed by atoms with E-state index in [1.165, 1.54) is 89.9 Å². The van der Waals surface area contributed by atoms with Gasteiger partial charge in [-0.2, -0.15) is 0 Å². The van der Waals surface area contributed by atoms with Gasteiger partial charge < -0.3 is 5.11 Å². The summed E-state index contributed by atoms with van der Waals surface area (Å²) in [5.41, 5.74) is 0. The van der Waals surface area contributed by atoms with Gasteiger partial charge in [-0.15, -0.1) is 0 Å². The number of unbranched alkanes of at least 4 members (excludes halogenated alkanes) is 12. The first kappa shape index (κ1) is 23.4. The Morgan fingerprint density at radius 2 is 1.38 bits per heavy atom. The third-order valence-corrected chi connectivity index (χ3v) is 5.66. The minimum absolute atomic E-state index is 0.276. The Morgan fingerprint density at radius 1 is 0.808 bits per heavy atom. The third kappa shape index (κ3) is 11.9. The molecule has 0 aromatic carbocycles. The van der Waals surface area contributed by atoms with Crippen molar-refractivity contribution in [2.75, 3.05) is 32.8 Å². The zero-order valence-electron chi connectivity index (χ0n) is 17.5. The lowest BCUT2D eigenvalue weighted by molar-refractivity contribution is -0.829. The van der Waals surface area contributed by atoms with E-state index >= 15 is 0 Å². The molecule has 0 radical (unpaired) electrons. The Bertz CT molecular complexity index is 367. The summed E-state index contributed by atoms with van der Waals surface area (Å²) in [6.07, 6.45) is 25.9. The molecule has 0 spiro atoms. The number of allylic oxidation sites excluding steroid dienone is 2. The second-order valence-corrected chi connectivity index (χ2v) is 8.07. The first-order valence-corrected chi connectivity index (χ1v) is 11.5. The van der Waals surface area contributed by atoms with Crippen LogP contribution in [0, 0.1) is 0 Å². The molecule has 1 atom stereocenters. The van der Waals surface area contributed by atoms with Gasteiger partial charge in [-0.25, -0.2) is 4.99 Å². The Kier molecular flexibility index (Phi) is 14.8. The molecule has 0 saturated carbocycles. The van der Waals surface area contributed by atoms with Crippen molar-refractivity contribution < 1.29 is 9.59 Å². The van der Waals surface area contributed by atoms with Gasteiger partial charge in [0.1, 0.15) is 13.1 Å². The van der Waals surface area contributed by atoms with Gasteiger partial charge in [0, 0.05) is 0 Å². The van der Waals surface area contributed by atoms with Gasteiger partial charge in [0.2, 0.25) is 0 Å². The van der Waals surface area contributed by atoms with Crippen molar-refractivity contribution in [1.82, 2.24) is 0 Å². The highest BCUT2D eigenvalue weighted by Crippen LogP contribution is 2.14. The van der Waals surface area contributed by atoms with Gasteiger partial charge in [-0.3, -0.25) is 4.48 Å². The molecule has 0 bridgehead atoms. The average molecular weight is 366 g/mol. The number of hydrogen-bond donors (Lipinski definition) is 1. The smallest absolute Gasteiger partial charge is 0.185 e. The standard InChI is InChI=1S/C23H45N2O/c1-2-3-4-5-6-7-8-9-10-11-12-13-14-15-16-17-19-25(21-22-26)20-18-24-23-25/h9-10,23,26H,2-8,11-22H2,1H3/q+1. The lowest BCUT2D eigenvalue weighted by atomic mass is 10.1. The van der Waals surface area contributed by atoms with E-state index in [1.807, 2.05) is 0 Å². The molecule has 0 amide bonds. The van der Waals surface area contributed by atoms with Crippen LogP contribution in [0.2, 0.25) is 0 Å². The molecule has 3 nitrogen and oxygen atoms in total. The van der Waals surface area contributed by atoms with Crippen molar-refractivity contribution in [2.24, 2.45) is 4.99 Å². The Hall–Kier alpha value is -0.670. The van der Waals surface area contributed by atoms with E-state index in [-0.39, 0.29) is 6.61 Å². The van der Waals surface area contributed by atoms with Gasteiger partial charge >= 0.3 is 0 Å². The topological polar surface area (TPSA) is 32.6 Å². The lowest BCUT2D eigenvalue weighted by Crippen LogP contribution is -2.48. The highest BCUT2D eigenvalue weighted by Gasteiger charge is 2.27. The van der Waals surface area contributed by atoms with E-state index in [4.69, 9.17) is 0 Å². The summed E-state index contributed by atoms with van der Waals surface area (Å²) in [6.45, 7) is 6.58. The normalized spacial score (nSPS) is 19.8. The summed E-state index contributed by atoms with van der Waals surface area (Å²) in [7, 11) is 0. The van der Waals surface area contributed by atoms with E-state index in [9.17, 15) is 5.11 Å². The molecular weight excluding hydrogens is 320 g/mol. The summed E-state index contributed by atoms with van der Waals surface area (Å²) < 4.78 is 0.917. The second-order valence-electron chi connectivity index (χ2n) is 8.07. The van der Waals surface area contributed by atoms with Crippen LogP contribution in [0.1, 0.15) is 96.8 Å². The lowest BCUT2D eigenvalue weighted by Gasteiger charge is -2.29. The number of aliphatic hydroxyl groups excluding tert-OH is 1. The van der Waals surface area contributed by atoms with Crippen molar-refractivity contribution >= 4 is 6.34 Å². The van der Waals surface area contributed by atoms with E-state index < -0.39 is 0 Å². The minimum Gasteiger partial charge on any atom is -0.390 e. The molecular formula is C23H45N2O+. The fraction of sp³-hybridized carbons (Fsp3) is 0.870. The van der Waals surface area contributed by atoms with Gasteiger partial charge in [0.15, 0.2) is 6.34 Å². The molecule has 26 heavy (non-hydrogen) atoms. The van der Waals surface area contributed by atoms with E-state index in [1.54, 1.807) is 0 Å². The van der Waals surface area contributed by atoms with Crippen LogP contribution in [0.15, 0.2) is 17.1 Å². The molecule has 1 aliphatic rings. The van der Waals surface area contributed by atoms with E-state index in [0.717, 1.165) is 30.7 Å². The van der Waals surface area contributed by atoms with Crippen LogP contribution < -0.4 is 0 Å². The Labute approximate surface area is 163 Å². The summed E-state index contributed by atoms with van der Waals surface area (Å²) in [6, 6.07) is 0. The van der Waals surface area contributed by atoms with Crippen molar-refractivity contribution in [3.8, 4) is 0 Å². The molecule has 1 N–H and O–H groups in total. The van der Waals surface area contributed by atoms with Gasteiger partial charge in [-0.1, -0.05) is 70.4 Å². The molecule has 0 fully saturated rings. The monoisotopic (exact) mass is 365 g/mol. The maximum atomic E-state index is 9.24. The Balaban J connectivity index is 1.83. The summed E-state index contributed by atoms with van der Waals surface area (Å²) in [4.78, 5) is 4.38.